The van der Waals surface area contributed by atoms with E-state index in [0.29, 0.717) is 6.42 Å². The highest BCUT2D eigenvalue weighted by Gasteiger charge is 2.29. The normalized spacial score (nSPS) is 20.1. The molecular formula is C18H23N5O2. The summed E-state index contributed by atoms with van der Waals surface area (Å²) in [6.45, 7) is 0. The minimum atomic E-state index is -0.294. The number of carbonyl (C=O) groups excluding carboxylic acids is 2. The quantitative estimate of drug-likeness (QED) is 0.917. The molecule has 2 atom stereocenters. The smallest absolute Gasteiger partial charge is 0.291 e. The van der Waals surface area contributed by atoms with Gasteiger partial charge >= 0.3 is 0 Å². The lowest BCUT2D eigenvalue weighted by Gasteiger charge is -2.30. The van der Waals surface area contributed by atoms with E-state index in [1.54, 1.807) is 23.7 Å². The van der Waals surface area contributed by atoms with Crippen LogP contribution in [0.3, 0.4) is 0 Å². The maximum absolute atomic E-state index is 12.4. The summed E-state index contributed by atoms with van der Waals surface area (Å²) >= 11 is 0. The summed E-state index contributed by atoms with van der Waals surface area (Å²) in [5.74, 6) is -0.0446. The molecule has 1 aromatic carbocycles. The van der Waals surface area contributed by atoms with E-state index in [4.69, 9.17) is 0 Å². The molecule has 2 aromatic rings. The van der Waals surface area contributed by atoms with Crippen molar-refractivity contribution in [1.82, 2.24) is 25.0 Å². The van der Waals surface area contributed by atoms with Crippen LogP contribution < -0.4 is 5.32 Å². The molecule has 7 heteroatoms. The van der Waals surface area contributed by atoms with Crippen LogP contribution in [0.2, 0.25) is 0 Å². The van der Waals surface area contributed by atoms with Gasteiger partial charge in [0.1, 0.15) is 6.33 Å². The van der Waals surface area contributed by atoms with Crippen LogP contribution in [0.5, 0.6) is 0 Å². The first-order chi connectivity index (χ1) is 12.0. The second-order valence-corrected chi connectivity index (χ2v) is 6.61. The van der Waals surface area contributed by atoms with Gasteiger partial charge in [0.15, 0.2) is 0 Å². The number of hydrogen-bond acceptors (Lipinski definition) is 4. The van der Waals surface area contributed by atoms with E-state index >= 15 is 0 Å². The monoisotopic (exact) mass is 341 g/mol. The van der Waals surface area contributed by atoms with Gasteiger partial charge in [0.25, 0.3) is 5.91 Å². The zero-order valence-corrected chi connectivity index (χ0v) is 14.6. The van der Waals surface area contributed by atoms with E-state index in [-0.39, 0.29) is 29.6 Å². The van der Waals surface area contributed by atoms with Crippen molar-refractivity contribution in [3.8, 4) is 5.69 Å². The Morgan fingerprint density at radius 1 is 1.20 bits per heavy atom. The predicted octanol–water partition coefficient (Wildman–Crippen LogP) is 1.64. The molecule has 3 rings (SSSR count). The molecule has 132 valence electrons. The fourth-order valence-corrected chi connectivity index (χ4v) is 3.23. The van der Waals surface area contributed by atoms with Crippen LogP contribution in [0.1, 0.15) is 36.3 Å². The summed E-state index contributed by atoms with van der Waals surface area (Å²) in [5.41, 5.74) is 0.850. The van der Waals surface area contributed by atoms with Gasteiger partial charge in [-0.15, -0.1) is 5.10 Å². The Labute approximate surface area is 147 Å². The number of nitrogens with zero attached hydrogens (tertiary/aromatic N) is 4. The number of benzene rings is 1. The van der Waals surface area contributed by atoms with Crippen molar-refractivity contribution in [3.05, 3.63) is 42.5 Å². The lowest BCUT2D eigenvalue weighted by molar-refractivity contribution is -0.134. The van der Waals surface area contributed by atoms with E-state index in [0.717, 1.165) is 24.9 Å². The summed E-state index contributed by atoms with van der Waals surface area (Å²) in [4.78, 5) is 30.3. The number of nitrogens with one attached hydrogen (secondary N) is 1. The molecule has 1 saturated carbocycles. The molecule has 0 radical (unpaired) electrons. The molecule has 2 amide bonds. The standard InChI is InChI=1S/C18H23N5O2/c1-22(2)18(25)13-7-6-8-14(11-13)20-17(24)16-19-12-23(21-16)15-9-4-3-5-10-15/h3-5,9-10,12-14H,6-8,11H2,1-2H3,(H,20,24). The number of hydrogen-bond donors (Lipinski definition) is 1. The van der Waals surface area contributed by atoms with Crippen LogP contribution in [0, 0.1) is 5.92 Å². The number of rotatable bonds is 4. The topological polar surface area (TPSA) is 80.1 Å². The Kier molecular flexibility index (Phi) is 5.11. The van der Waals surface area contributed by atoms with Gasteiger partial charge in [0.05, 0.1) is 5.69 Å². The van der Waals surface area contributed by atoms with Gasteiger partial charge in [-0.25, -0.2) is 9.67 Å². The van der Waals surface area contributed by atoms with E-state index in [9.17, 15) is 9.59 Å². The molecule has 1 aromatic heterocycles. The van der Waals surface area contributed by atoms with E-state index < -0.39 is 0 Å². The number of para-hydroxylation sites is 1. The fourth-order valence-electron chi connectivity index (χ4n) is 3.23. The Hall–Kier alpha value is -2.70. The van der Waals surface area contributed by atoms with Crippen molar-refractivity contribution in [3.63, 3.8) is 0 Å². The summed E-state index contributed by atoms with van der Waals surface area (Å²) < 4.78 is 1.58. The second kappa shape index (κ2) is 7.46. The van der Waals surface area contributed by atoms with Crippen LogP contribution in [0.15, 0.2) is 36.7 Å². The molecule has 1 N–H and O–H groups in total. The molecule has 1 fully saturated rings. The summed E-state index contributed by atoms with van der Waals surface area (Å²) in [6.07, 6.45) is 4.89. The Bertz CT molecular complexity index is 741. The fraction of sp³-hybridized carbons (Fsp3) is 0.444. The highest BCUT2D eigenvalue weighted by molar-refractivity contribution is 5.90. The van der Waals surface area contributed by atoms with Crippen LogP contribution in [-0.4, -0.2) is 51.6 Å². The minimum Gasteiger partial charge on any atom is -0.349 e. The molecule has 1 aliphatic carbocycles. The van der Waals surface area contributed by atoms with Crippen LogP contribution in [0.25, 0.3) is 5.69 Å². The molecule has 0 aliphatic heterocycles. The Balaban J connectivity index is 1.62. The predicted molar refractivity (Wildman–Crippen MR) is 93.3 cm³/mol. The molecule has 7 nitrogen and oxygen atoms in total. The van der Waals surface area contributed by atoms with Crippen molar-refractivity contribution in [2.75, 3.05) is 14.1 Å². The third kappa shape index (κ3) is 4.04. The lowest BCUT2D eigenvalue weighted by Crippen LogP contribution is -2.42. The van der Waals surface area contributed by atoms with Crippen molar-refractivity contribution >= 4 is 11.8 Å². The van der Waals surface area contributed by atoms with Gasteiger partial charge < -0.3 is 10.2 Å². The molecule has 0 saturated heterocycles. The summed E-state index contributed by atoms with van der Waals surface area (Å²) in [6, 6.07) is 9.51. The third-order valence-electron chi connectivity index (χ3n) is 4.52. The van der Waals surface area contributed by atoms with Gasteiger partial charge in [-0.3, -0.25) is 9.59 Å². The Morgan fingerprint density at radius 3 is 2.68 bits per heavy atom. The largest absolute Gasteiger partial charge is 0.349 e. The minimum absolute atomic E-state index is 0.0150. The third-order valence-corrected chi connectivity index (χ3v) is 4.52. The molecule has 0 spiro atoms. The maximum atomic E-state index is 12.4. The molecule has 1 aliphatic rings. The highest BCUT2D eigenvalue weighted by Crippen LogP contribution is 2.25. The van der Waals surface area contributed by atoms with Gasteiger partial charge in [-0.2, -0.15) is 0 Å². The summed E-state index contributed by atoms with van der Waals surface area (Å²) in [5, 5.41) is 7.22. The zero-order valence-electron chi connectivity index (χ0n) is 14.6. The first kappa shape index (κ1) is 17.1. The Morgan fingerprint density at radius 2 is 1.96 bits per heavy atom. The molecule has 25 heavy (non-hydrogen) atoms. The van der Waals surface area contributed by atoms with Gasteiger partial charge in [0, 0.05) is 26.1 Å². The van der Waals surface area contributed by atoms with Crippen LogP contribution in [0.4, 0.5) is 0 Å². The van der Waals surface area contributed by atoms with Crippen molar-refractivity contribution in [1.29, 1.82) is 0 Å². The molecule has 2 unspecified atom stereocenters. The lowest BCUT2D eigenvalue weighted by atomic mass is 9.85. The van der Waals surface area contributed by atoms with E-state index in [2.05, 4.69) is 15.4 Å². The second-order valence-electron chi connectivity index (χ2n) is 6.61. The van der Waals surface area contributed by atoms with Crippen molar-refractivity contribution in [2.24, 2.45) is 5.92 Å². The summed E-state index contributed by atoms with van der Waals surface area (Å²) in [7, 11) is 3.54. The van der Waals surface area contributed by atoms with E-state index in [1.165, 1.54) is 6.33 Å². The molecule has 0 bridgehead atoms. The average Bonchev–Trinajstić information content (AvgIpc) is 3.12. The van der Waals surface area contributed by atoms with Gasteiger partial charge in [-0.1, -0.05) is 24.6 Å². The van der Waals surface area contributed by atoms with Crippen molar-refractivity contribution in [2.45, 2.75) is 31.7 Å². The van der Waals surface area contributed by atoms with Crippen LogP contribution >= 0.6 is 0 Å². The first-order valence-electron chi connectivity index (χ1n) is 8.53. The maximum Gasteiger partial charge on any atom is 0.291 e. The van der Waals surface area contributed by atoms with Crippen LogP contribution in [-0.2, 0) is 4.79 Å². The van der Waals surface area contributed by atoms with Crippen molar-refractivity contribution < 1.29 is 9.59 Å². The van der Waals surface area contributed by atoms with Gasteiger partial charge in [-0.05, 0) is 31.4 Å². The number of amides is 2. The SMILES string of the molecule is CN(C)C(=O)C1CCCC(NC(=O)c2ncn(-c3ccccc3)n2)C1. The zero-order chi connectivity index (χ0) is 17.8. The van der Waals surface area contributed by atoms with E-state index in [1.807, 2.05) is 30.3 Å². The number of aromatic nitrogens is 3. The number of carbonyl (C=O) groups is 2. The first-order valence-corrected chi connectivity index (χ1v) is 8.53. The highest BCUT2D eigenvalue weighted by atomic mass is 16.2. The van der Waals surface area contributed by atoms with Gasteiger partial charge in [0.2, 0.25) is 11.7 Å². The molecular weight excluding hydrogens is 318 g/mol. The molecule has 1 heterocycles. The average molecular weight is 341 g/mol.